The number of hydrogen-bond acceptors (Lipinski definition) is 9. The SMILES string of the molecule is COc1cc2c(NCCNc3cccc4ccccc34)nc(N3CCN(c4ccccc4)CC3)nc2cc1OCC1CCNCC1. The predicted molar refractivity (Wildman–Crippen MR) is 189 cm³/mol. The van der Waals surface area contributed by atoms with E-state index in [9.17, 15) is 0 Å². The molecule has 7 rings (SSSR count). The fourth-order valence-corrected chi connectivity index (χ4v) is 6.49. The average molecular weight is 618 g/mol. The zero-order valence-corrected chi connectivity index (χ0v) is 26.5. The number of anilines is 4. The predicted octanol–water partition coefficient (Wildman–Crippen LogP) is 6.02. The minimum absolute atomic E-state index is 0.537. The molecule has 0 atom stereocenters. The summed E-state index contributed by atoms with van der Waals surface area (Å²) < 4.78 is 12.2. The molecule has 2 aliphatic heterocycles. The molecule has 9 heteroatoms. The van der Waals surface area contributed by atoms with Gasteiger partial charge in [0.25, 0.3) is 0 Å². The first-order valence-corrected chi connectivity index (χ1v) is 16.5. The van der Waals surface area contributed by atoms with Crippen molar-refractivity contribution in [3.05, 3.63) is 84.9 Å². The van der Waals surface area contributed by atoms with Gasteiger partial charge in [-0.15, -0.1) is 0 Å². The molecule has 46 heavy (non-hydrogen) atoms. The summed E-state index contributed by atoms with van der Waals surface area (Å²) >= 11 is 0. The number of piperazine rings is 1. The van der Waals surface area contributed by atoms with Crippen molar-refractivity contribution >= 4 is 44.8 Å². The fraction of sp³-hybridized carbons (Fsp3) is 0.351. The van der Waals surface area contributed by atoms with Gasteiger partial charge in [-0.05, 0) is 61.5 Å². The van der Waals surface area contributed by atoms with Crippen molar-refractivity contribution in [3.63, 3.8) is 0 Å². The van der Waals surface area contributed by atoms with Crippen molar-refractivity contribution in [2.75, 3.05) is 86.5 Å². The van der Waals surface area contributed by atoms with E-state index in [1.165, 1.54) is 16.5 Å². The largest absolute Gasteiger partial charge is 0.493 e. The van der Waals surface area contributed by atoms with Crippen molar-refractivity contribution in [3.8, 4) is 11.5 Å². The summed E-state index contributed by atoms with van der Waals surface area (Å²) in [5.41, 5.74) is 3.23. The molecule has 3 heterocycles. The second-order valence-corrected chi connectivity index (χ2v) is 12.1. The van der Waals surface area contributed by atoms with Crippen LogP contribution < -0.4 is 35.2 Å². The van der Waals surface area contributed by atoms with Crippen LogP contribution >= 0.6 is 0 Å². The van der Waals surface area contributed by atoms with E-state index in [2.05, 4.69) is 98.5 Å². The van der Waals surface area contributed by atoms with Crippen LogP contribution in [-0.2, 0) is 0 Å². The monoisotopic (exact) mass is 617 g/mol. The van der Waals surface area contributed by atoms with E-state index >= 15 is 0 Å². The maximum absolute atomic E-state index is 6.38. The number of fused-ring (bicyclic) bond motifs is 2. The van der Waals surface area contributed by atoms with Gasteiger partial charge in [-0.2, -0.15) is 4.98 Å². The van der Waals surface area contributed by atoms with Crippen LogP contribution in [0.1, 0.15) is 12.8 Å². The van der Waals surface area contributed by atoms with Gasteiger partial charge in [-0.3, -0.25) is 0 Å². The van der Waals surface area contributed by atoms with Gasteiger partial charge in [0.2, 0.25) is 5.95 Å². The number of benzene rings is 4. The Bertz CT molecular complexity index is 1750. The molecular formula is C37H43N7O2. The van der Waals surface area contributed by atoms with Crippen LogP contribution in [0.3, 0.4) is 0 Å². The maximum atomic E-state index is 6.38. The lowest BCUT2D eigenvalue weighted by atomic mass is 9.99. The van der Waals surface area contributed by atoms with E-state index in [0.717, 1.165) is 92.8 Å². The van der Waals surface area contributed by atoms with Gasteiger partial charge in [0, 0.05) is 67.5 Å². The van der Waals surface area contributed by atoms with Crippen LogP contribution in [0.25, 0.3) is 21.7 Å². The third-order valence-electron chi connectivity index (χ3n) is 9.11. The lowest BCUT2D eigenvalue weighted by Crippen LogP contribution is -2.47. The van der Waals surface area contributed by atoms with Crippen molar-refractivity contribution in [2.24, 2.45) is 5.92 Å². The number of hydrogen-bond donors (Lipinski definition) is 3. The second-order valence-electron chi connectivity index (χ2n) is 12.1. The summed E-state index contributed by atoms with van der Waals surface area (Å²) in [5.74, 6) is 3.50. The minimum atomic E-state index is 0.537. The smallest absolute Gasteiger partial charge is 0.228 e. The van der Waals surface area contributed by atoms with Crippen LogP contribution in [0.2, 0.25) is 0 Å². The van der Waals surface area contributed by atoms with Crippen LogP contribution in [0.15, 0.2) is 84.9 Å². The Morgan fingerprint density at radius 2 is 1.50 bits per heavy atom. The first-order valence-electron chi connectivity index (χ1n) is 16.5. The average Bonchev–Trinajstić information content (AvgIpc) is 3.13. The molecule has 0 saturated carbocycles. The Kier molecular flexibility index (Phi) is 9.19. The minimum Gasteiger partial charge on any atom is -0.493 e. The number of nitrogens with one attached hydrogen (secondary N) is 3. The first kappa shape index (κ1) is 29.9. The molecular weight excluding hydrogens is 574 g/mol. The van der Waals surface area contributed by atoms with Gasteiger partial charge in [-0.25, -0.2) is 4.98 Å². The summed E-state index contributed by atoms with van der Waals surface area (Å²) in [4.78, 5) is 14.9. The van der Waals surface area contributed by atoms with Crippen molar-refractivity contribution in [2.45, 2.75) is 12.8 Å². The number of aromatic nitrogens is 2. The lowest BCUT2D eigenvalue weighted by Gasteiger charge is -2.36. The highest BCUT2D eigenvalue weighted by Gasteiger charge is 2.22. The summed E-state index contributed by atoms with van der Waals surface area (Å²) in [6, 6.07) is 29.5. The normalized spacial score (nSPS) is 15.7. The molecule has 0 aliphatic carbocycles. The van der Waals surface area contributed by atoms with Crippen LogP contribution in [0, 0.1) is 5.92 Å². The van der Waals surface area contributed by atoms with Gasteiger partial charge >= 0.3 is 0 Å². The standard InChI is InChI=1S/C37H43N7O2/c1-45-34-24-31-33(25-35(34)46-26-27-14-16-38-17-15-27)41-37(44-22-20-43(21-23-44)29-10-3-2-4-11-29)42-36(31)40-19-18-39-32-13-7-9-28-8-5-6-12-30(28)32/h2-13,24-25,27,38-39H,14-23,26H2,1H3,(H,40,41,42). The van der Waals surface area contributed by atoms with Crippen molar-refractivity contribution < 1.29 is 9.47 Å². The van der Waals surface area contributed by atoms with Gasteiger partial charge in [-0.1, -0.05) is 54.6 Å². The highest BCUT2D eigenvalue weighted by molar-refractivity contribution is 5.94. The van der Waals surface area contributed by atoms with Gasteiger partial charge in [0.1, 0.15) is 5.82 Å². The summed E-state index contributed by atoms with van der Waals surface area (Å²) in [7, 11) is 1.70. The lowest BCUT2D eigenvalue weighted by molar-refractivity contribution is 0.208. The van der Waals surface area contributed by atoms with Crippen LogP contribution in [-0.4, -0.2) is 76.0 Å². The van der Waals surface area contributed by atoms with E-state index in [1.807, 2.05) is 12.1 Å². The van der Waals surface area contributed by atoms with Crippen LogP contribution in [0.4, 0.5) is 23.1 Å². The molecule has 0 amide bonds. The van der Waals surface area contributed by atoms with Crippen LogP contribution in [0.5, 0.6) is 11.5 Å². The molecule has 2 fully saturated rings. The van der Waals surface area contributed by atoms with E-state index in [-0.39, 0.29) is 0 Å². The third-order valence-corrected chi connectivity index (χ3v) is 9.11. The molecule has 1 aromatic heterocycles. The van der Waals surface area contributed by atoms with Crippen molar-refractivity contribution in [1.29, 1.82) is 0 Å². The Morgan fingerprint density at radius 1 is 0.761 bits per heavy atom. The number of ether oxygens (including phenoxy) is 2. The Balaban J connectivity index is 1.12. The van der Waals surface area contributed by atoms with E-state index in [4.69, 9.17) is 19.4 Å². The maximum Gasteiger partial charge on any atom is 0.228 e. The van der Waals surface area contributed by atoms with Gasteiger partial charge in [0.05, 0.1) is 19.2 Å². The van der Waals surface area contributed by atoms with E-state index in [0.29, 0.717) is 24.8 Å². The van der Waals surface area contributed by atoms with E-state index in [1.54, 1.807) is 7.11 Å². The topological polar surface area (TPSA) is 86.8 Å². The number of piperidine rings is 1. The van der Waals surface area contributed by atoms with E-state index < -0.39 is 0 Å². The molecule has 4 aromatic carbocycles. The summed E-state index contributed by atoms with van der Waals surface area (Å²) in [6.45, 7) is 7.70. The molecule has 5 aromatic rings. The Hall–Kier alpha value is -4.76. The van der Waals surface area contributed by atoms with Gasteiger partial charge < -0.3 is 35.2 Å². The zero-order valence-electron chi connectivity index (χ0n) is 26.5. The van der Waals surface area contributed by atoms with Crippen molar-refractivity contribution in [1.82, 2.24) is 15.3 Å². The molecule has 3 N–H and O–H groups in total. The number of para-hydroxylation sites is 1. The molecule has 2 saturated heterocycles. The highest BCUT2D eigenvalue weighted by Crippen LogP contribution is 2.36. The molecule has 0 unspecified atom stereocenters. The summed E-state index contributed by atoms with van der Waals surface area (Å²) in [5, 5.41) is 14.0. The fourth-order valence-electron chi connectivity index (χ4n) is 6.49. The molecule has 0 radical (unpaired) electrons. The molecule has 0 spiro atoms. The molecule has 2 aliphatic rings. The number of nitrogens with zero attached hydrogens (tertiary/aromatic N) is 4. The molecule has 0 bridgehead atoms. The Morgan fingerprint density at radius 3 is 2.33 bits per heavy atom. The third kappa shape index (κ3) is 6.74. The second kappa shape index (κ2) is 14.1. The summed E-state index contributed by atoms with van der Waals surface area (Å²) in [6.07, 6.45) is 2.25. The number of methoxy groups -OCH3 is 1. The zero-order chi connectivity index (χ0) is 31.1. The molecule has 238 valence electrons. The highest BCUT2D eigenvalue weighted by atomic mass is 16.5. The number of rotatable bonds is 11. The first-order chi connectivity index (χ1) is 22.7. The Labute approximate surface area is 270 Å². The quantitative estimate of drug-likeness (QED) is 0.154. The van der Waals surface area contributed by atoms with Gasteiger partial charge in [0.15, 0.2) is 11.5 Å². The molecule has 9 nitrogen and oxygen atoms in total.